The predicted octanol–water partition coefficient (Wildman–Crippen LogP) is 2.46. The number of rotatable bonds is 3. The number of hydrogen-bond donors (Lipinski definition) is 1. The average molecular weight is 262 g/mol. The van der Waals surface area contributed by atoms with E-state index in [1.54, 1.807) is 0 Å². The van der Waals surface area contributed by atoms with E-state index in [-0.39, 0.29) is 6.10 Å². The molecule has 0 radical (unpaired) electrons. The van der Waals surface area contributed by atoms with Crippen LogP contribution in [0.25, 0.3) is 0 Å². The Morgan fingerprint density at radius 3 is 3.11 bits per heavy atom. The molecule has 2 aliphatic heterocycles. The van der Waals surface area contributed by atoms with Crippen LogP contribution in [0, 0.1) is 0 Å². The van der Waals surface area contributed by atoms with E-state index in [0.29, 0.717) is 5.25 Å². The monoisotopic (exact) mass is 262 g/mol. The van der Waals surface area contributed by atoms with Gasteiger partial charge in [0.15, 0.2) is 5.17 Å². The van der Waals surface area contributed by atoms with Crippen molar-refractivity contribution in [2.24, 2.45) is 4.99 Å². The Labute approximate surface area is 112 Å². The maximum atomic E-state index is 5.89. The van der Waals surface area contributed by atoms with Crippen molar-refractivity contribution in [3.8, 4) is 5.75 Å². The maximum absolute atomic E-state index is 5.89. The van der Waals surface area contributed by atoms with E-state index in [4.69, 9.17) is 4.74 Å². The number of fused-ring (bicyclic) bond motifs is 1. The van der Waals surface area contributed by atoms with Gasteiger partial charge < -0.3 is 10.1 Å². The van der Waals surface area contributed by atoms with E-state index in [9.17, 15) is 0 Å². The topological polar surface area (TPSA) is 33.6 Å². The number of ether oxygens (including phenoxy) is 1. The SMILES string of the molecule is CCC1CN=C(NCC2Cc3ccccc3O2)S1. The molecular formula is C14H18N2OS. The lowest BCUT2D eigenvalue weighted by Crippen LogP contribution is -2.32. The number of hydrogen-bond acceptors (Lipinski definition) is 4. The predicted molar refractivity (Wildman–Crippen MR) is 76.5 cm³/mol. The summed E-state index contributed by atoms with van der Waals surface area (Å²) in [6.45, 7) is 4.01. The van der Waals surface area contributed by atoms with Crippen LogP contribution in [-0.2, 0) is 6.42 Å². The molecule has 0 spiro atoms. The first kappa shape index (κ1) is 11.9. The Balaban J connectivity index is 1.49. The highest BCUT2D eigenvalue weighted by Crippen LogP contribution is 2.28. The first-order chi connectivity index (χ1) is 8.85. The summed E-state index contributed by atoms with van der Waals surface area (Å²) in [5.41, 5.74) is 1.32. The molecule has 0 aromatic heterocycles. The standard InChI is InChI=1S/C14H18N2OS/c1-2-12-9-16-14(18-12)15-8-11-7-10-5-3-4-6-13(10)17-11/h3-6,11-12H,2,7-9H2,1H3,(H,15,16). The number of aliphatic imine (C=N–C) groups is 1. The van der Waals surface area contributed by atoms with E-state index in [1.165, 1.54) is 12.0 Å². The van der Waals surface area contributed by atoms with E-state index in [1.807, 2.05) is 23.9 Å². The average Bonchev–Trinajstić information content (AvgIpc) is 3.02. The lowest BCUT2D eigenvalue weighted by molar-refractivity contribution is 0.235. The van der Waals surface area contributed by atoms with Crippen LogP contribution in [0.3, 0.4) is 0 Å². The molecule has 0 amide bonds. The van der Waals surface area contributed by atoms with Crippen molar-refractivity contribution in [1.82, 2.24) is 5.32 Å². The molecule has 0 fully saturated rings. The van der Waals surface area contributed by atoms with Crippen molar-refractivity contribution < 1.29 is 4.74 Å². The zero-order chi connectivity index (χ0) is 12.4. The molecule has 2 atom stereocenters. The number of nitrogens with one attached hydrogen (secondary N) is 1. The van der Waals surface area contributed by atoms with Gasteiger partial charge >= 0.3 is 0 Å². The molecule has 0 saturated heterocycles. The Hall–Kier alpha value is -1.16. The molecule has 1 aromatic carbocycles. The van der Waals surface area contributed by atoms with Crippen molar-refractivity contribution in [3.63, 3.8) is 0 Å². The van der Waals surface area contributed by atoms with Crippen LogP contribution in [-0.4, -0.2) is 29.6 Å². The molecule has 4 heteroatoms. The van der Waals surface area contributed by atoms with Gasteiger partial charge in [-0.2, -0.15) is 0 Å². The van der Waals surface area contributed by atoms with E-state index in [0.717, 1.165) is 30.4 Å². The molecule has 2 heterocycles. The maximum Gasteiger partial charge on any atom is 0.157 e. The summed E-state index contributed by atoms with van der Waals surface area (Å²) < 4.78 is 5.89. The normalized spacial score (nSPS) is 25.5. The molecule has 2 unspecified atom stereocenters. The van der Waals surface area contributed by atoms with Crippen LogP contribution < -0.4 is 10.1 Å². The zero-order valence-electron chi connectivity index (χ0n) is 10.6. The van der Waals surface area contributed by atoms with Crippen LogP contribution in [0.15, 0.2) is 29.3 Å². The minimum atomic E-state index is 0.242. The number of amidine groups is 1. The van der Waals surface area contributed by atoms with Gasteiger partial charge in [0.25, 0.3) is 0 Å². The molecule has 1 aromatic rings. The van der Waals surface area contributed by atoms with Gasteiger partial charge in [-0.1, -0.05) is 36.9 Å². The number of para-hydroxylation sites is 1. The van der Waals surface area contributed by atoms with E-state index in [2.05, 4.69) is 29.4 Å². The van der Waals surface area contributed by atoms with Crippen LogP contribution >= 0.6 is 11.8 Å². The summed E-state index contributed by atoms with van der Waals surface area (Å²) in [4.78, 5) is 4.51. The van der Waals surface area contributed by atoms with E-state index >= 15 is 0 Å². The second-order valence-corrected chi connectivity index (χ2v) is 6.02. The van der Waals surface area contributed by atoms with Crippen LogP contribution in [0.5, 0.6) is 5.75 Å². The Morgan fingerprint density at radius 2 is 2.33 bits per heavy atom. The molecule has 18 heavy (non-hydrogen) atoms. The molecule has 0 saturated carbocycles. The third-order valence-electron chi connectivity index (χ3n) is 3.37. The Bertz CT molecular complexity index is 436. The first-order valence-electron chi connectivity index (χ1n) is 6.54. The highest BCUT2D eigenvalue weighted by atomic mass is 32.2. The quantitative estimate of drug-likeness (QED) is 0.908. The largest absolute Gasteiger partial charge is 0.488 e. The molecule has 1 N–H and O–H groups in total. The lowest BCUT2D eigenvalue weighted by atomic mass is 10.1. The zero-order valence-corrected chi connectivity index (χ0v) is 11.4. The van der Waals surface area contributed by atoms with Crippen molar-refractivity contribution in [2.45, 2.75) is 31.1 Å². The molecule has 0 bridgehead atoms. The number of thioether (sulfide) groups is 1. The molecular weight excluding hydrogens is 244 g/mol. The summed E-state index contributed by atoms with van der Waals surface area (Å²) in [5.74, 6) is 1.04. The molecule has 0 aliphatic carbocycles. The van der Waals surface area contributed by atoms with Gasteiger partial charge in [0.2, 0.25) is 0 Å². The number of benzene rings is 1. The van der Waals surface area contributed by atoms with Gasteiger partial charge in [-0.05, 0) is 18.1 Å². The first-order valence-corrected chi connectivity index (χ1v) is 7.42. The summed E-state index contributed by atoms with van der Waals surface area (Å²) in [6.07, 6.45) is 2.43. The van der Waals surface area contributed by atoms with Crippen molar-refractivity contribution in [2.75, 3.05) is 13.1 Å². The molecule has 2 aliphatic rings. The molecule has 3 rings (SSSR count). The summed E-state index contributed by atoms with van der Waals surface area (Å²) >= 11 is 1.86. The highest BCUT2D eigenvalue weighted by molar-refractivity contribution is 8.14. The van der Waals surface area contributed by atoms with Gasteiger partial charge in [0.1, 0.15) is 11.9 Å². The number of nitrogens with zero attached hydrogens (tertiary/aromatic N) is 1. The summed E-state index contributed by atoms with van der Waals surface area (Å²) in [6, 6.07) is 8.28. The Morgan fingerprint density at radius 1 is 1.44 bits per heavy atom. The second-order valence-electron chi connectivity index (χ2n) is 4.73. The van der Waals surface area contributed by atoms with Gasteiger partial charge in [-0.25, -0.2) is 0 Å². The van der Waals surface area contributed by atoms with Gasteiger partial charge in [0.05, 0.1) is 13.1 Å². The summed E-state index contributed by atoms with van der Waals surface area (Å²) in [5, 5.41) is 5.16. The smallest absolute Gasteiger partial charge is 0.157 e. The third kappa shape index (κ3) is 2.48. The van der Waals surface area contributed by atoms with Crippen LogP contribution in [0.1, 0.15) is 18.9 Å². The highest BCUT2D eigenvalue weighted by Gasteiger charge is 2.24. The van der Waals surface area contributed by atoms with Crippen molar-refractivity contribution in [1.29, 1.82) is 0 Å². The fraction of sp³-hybridized carbons (Fsp3) is 0.500. The Kier molecular flexibility index (Phi) is 3.46. The molecule has 3 nitrogen and oxygen atoms in total. The minimum Gasteiger partial charge on any atom is -0.488 e. The van der Waals surface area contributed by atoms with Gasteiger partial charge in [-0.3, -0.25) is 4.99 Å². The van der Waals surface area contributed by atoms with Gasteiger partial charge in [0, 0.05) is 11.7 Å². The fourth-order valence-electron chi connectivity index (χ4n) is 2.30. The van der Waals surface area contributed by atoms with E-state index < -0.39 is 0 Å². The van der Waals surface area contributed by atoms with Crippen molar-refractivity contribution in [3.05, 3.63) is 29.8 Å². The third-order valence-corrected chi connectivity index (χ3v) is 4.68. The fourth-order valence-corrected chi connectivity index (χ4v) is 3.24. The molecule has 96 valence electrons. The van der Waals surface area contributed by atoms with Crippen LogP contribution in [0.2, 0.25) is 0 Å². The van der Waals surface area contributed by atoms with Crippen molar-refractivity contribution >= 4 is 16.9 Å². The minimum absolute atomic E-state index is 0.242. The lowest BCUT2D eigenvalue weighted by Gasteiger charge is -2.12. The summed E-state index contributed by atoms with van der Waals surface area (Å²) in [7, 11) is 0. The van der Waals surface area contributed by atoms with Crippen LogP contribution in [0.4, 0.5) is 0 Å². The second kappa shape index (κ2) is 5.22. The van der Waals surface area contributed by atoms with Gasteiger partial charge in [-0.15, -0.1) is 0 Å².